The monoisotopic (exact) mass is 613 g/mol. The van der Waals surface area contributed by atoms with Crippen LogP contribution in [0.4, 0.5) is 34.1 Å². The van der Waals surface area contributed by atoms with E-state index in [4.69, 9.17) is 0 Å². The molecule has 2 aromatic heterocycles. The first-order chi connectivity index (χ1) is 18.8. The number of hydrogen-bond donors (Lipinski definition) is 4. The molecule has 1 radical (unpaired) electrons. The molecule has 0 fully saturated rings. The Morgan fingerprint density at radius 3 is 1.29 bits per heavy atom. The van der Waals surface area contributed by atoms with Crippen molar-refractivity contribution in [2.75, 3.05) is 0 Å². The molecule has 0 unspecified atom stereocenters. The van der Waals surface area contributed by atoms with Crippen molar-refractivity contribution in [2.24, 2.45) is 34.6 Å². The number of nitro benzene ring substituents is 2. The standard InChI is InChI=1S/2C11H11N5O4.Co/c2*1-6-10(11(18)15(2)14-6)13-12-8-5-7(16(19)20)3-4-9(8)17;/h2*3-5,17-18H,1-2H3;. The van der Waals surface area contributed by atoms with Crippen LogP contribution < -0.4 is 0 Å². The molecule has 4 aromatic rings. The maximum absolute atomic E-state index is 10.6. The molecule has 0 aliphatic carbocycles. The van der Waals surface area contributed by atoms with Crippen molar-refractivity contribution >= 4 is 34.1 Å². The Morgan fingerprint density at radius 1 is 0.683 bits per heavy atom. The third-order valence-electron chi connectivity index (χ3n) is 5.18. The number of aromatic nitrogens is 4. The van der Waals surface area contributed by atoms with Crippen LogP contribution in [0, 0.1) is 34.1 Å². The Hall–Kier alpha value is -5.43. The number of aromatic hydroxyl groups is 4. The fourth-order valence-electron chi connectivity index (χ4n) is 3.12. The first kappa shape index (κ1) is 31.8. The summed E-state index contributed by atoms with van der Waals surface area (Å²) in [7, 11) is 3.07. The molecule has 2 aromatic carbocycles. The van der Waals surface area contributed by atoms with Gasteiger partial charge in [-0.1, -0.05) is 0 Å². The van der Waals surface area contributed by atoms with Crippen molar-refractivity contribution in [2.45, 2.75) is 13.8 Å². The number of phenolic OH excluding ortho intramolecular Hbond substituents is 2. The molecule has 217 valence electrons. The van der Waals surface area contributed by atoms with Crippen LogP contribution in [0.3, 0.4) is 0 Å². The fourth-order valence-corrected chi connectivity index (χ4v) is 3.12. The predicted molar refractivity (Wildman–Crippen MR) is 137 cm³/mol. The van der Waals surface area contributed by atoms with Gasteiger partial charge in [0.05, 0.1) is 21.2 Å². The summed E-state index contributed by atoms with van der Waals surface area (Å²) in [6, 6.07) is 6.79. The number of aryl methyl sites for hydroxylation is 4. The zero-order valence-electron chi connectivity index (χ0n) is 21.7. The molecule has 41 heavy (non-hydrogen) atoms. The summed E-state index contributed by atoms with van der Waals surface area (Å²) in [5.74, 6) is -0.867. The van der Waals surface area contributed by atoms with Gasteiger partial charge in [0.1, 0.15) is 22.9 Å². The van der Waals surface area contributed by atoms with Gasteiger partial charge in [-0.3, -0.25) is 20.2 Å². The zero-order valence-corrected chi connectivity index (χ0v) is 22.7. The number of hydrogen-bond acceptors (Lipinski definition) is 14. The first-order valence-corrected chi connectivity index (χ1v) is 11.0. The minimum absolute atomic E-state index is 0. The van der Waals surface area contributed by atoms with E-state index in [9.17, 15) is 40.7 Å². The third kappa shape index (κ3) is 7.36. The summed E-state index contributed by atoms with van der Waals surface area (Å²) in [6.45, 7) is 3.25. The fraction of sp³-hybridized carbons (Fsp3) is 0.182. The molecule has 4 N–H and O–H groups in total. The molecule has 4 rings (SSSR count). The van der Waals surface area contributed by atoms with Crippen molar-refractivity contribution in [3.8, 4) is 23.3 Å². The maximum Gasteiger partial charge on any atom is 0.271 e. The van der Waals surface area contributed by atoms with Crippen LogP contribution in [0.5, 0.6) is 23.3 Å². The summed E-state index contributed by atoms with van der Waals surface area (Å²) >= 11 is 0. The molecule has 0 aliphatic heterocycles. The summed E-state index contributed by atoms with van der Waals surface area (Å²) in [4.78, 5) is 20.1. The van der Waals surface area contributed by atoms with Gasteiger partial charge in [0, 0.05) is 55.1 Å². The van der Waals surface area contributed by atoms with E-state index in [1.807, 2.05) is 0 Å². The van der Waals surface area contributed by atoms with Gasteiger partial charge in [-0.05, 0) is 26.0 Å². The van der Waals surface area contributed by atoms with Crippen molar-refractivity contribution in [3.63, 3.8) is 0 Å². The molecular weight excluding hydrogens is 591 g/mol. The van der Waals surface area contributed by atoms with Gasteiger partial charge in [0.25, 0.3) is 11.4 Å². The molecule has 0 atom stereocenters. The topological polar surface area (TPSA) is 252 Å². The summed E-state index contributed by atoms with van der Waals surface area (Å²) in [6.07, 6.45) is 0. The summed E-state index contributed by atoms with van der Waals surface area (Å²) < 4.78 is 2.44. The number of azo groups is 2. The van der Waals surface area contributed by atoms with Crippen LogP contribution in [0.1, 0.15) is 11.4 Å². The molecule has 18 nitrogen and oxygen atoms in total. The average Bonchev–Trinajstić information content (AvgIpc) is 3.29. The Bertz CT molecular complexity index is 1540. The van der Waals surface area contributed by atoms with Crippen LogP contribution in [0.2, 0.25) is 0 Å². The van der Waals surface area contributed by atoms with E-state index >= 15 is 0 Å². The van der Waals surface area contributed by atoms with E-state index in [-0.39, 0.29) is 74.2 Å². The van der Waals surface area contributed by atoms with Gasteiger partial charge in [-0.2, -0.15) is 10.2 Å². The number of rotatable bonds is 6. The van der Waals surface area contributed by atoms with Gasteiger partial charge >= 0.3 is 0 Å². The van der Waals surface area contributed by atoms with Crippen LogP contribution in [-0.4, -0.2) is 49.8 Å². The van der Waals surface area contributed by atoms with Crippen LogP contribution in [0.15, 0.2) is 56.9 Å². The second kappa shape index (κ2) is 13.1. The minimum atomic E-state index is -0.606. The zero-order chi connectivity index (χ0) is 29.7. The molecular formula is C22H22CoN10O8. The Morgan fingerprint density at radius 2 is 1.02 bits per heavy atom. The second-order valence-electron chi connectivity index (χ2n) is 8.02. The van der Waals surface area contributed by atoms with E-state index in [1.54, 1.807) is 13.8 Å². The van der Waals surface area contributed by atoms with Crippen molar-refractivity contribution in [1.29, 1.82) is 0 Å². The van der Waals surface area contributed by atoms with Gasteiger partial charge in [-0.25, -0.2) is 9.36 Å². The Labute approximate surface area is 240 Å². The molecule has 0 saturated carbocycles. The smallest absolute Gasteiger partial charge is 0.271 e. The van der Waals surface area contributed by atoms with Gasteiger partial charge in [0.2, 0.25) is 11.8 Å². The van der Waals surface area contributed by atoms with Gasteiger partial charge in [-0.15, -0.1) is 20.5 Å². The Balaban J connectivity index is 0.000000280. The normalized spacial score (nSPS) is 10.8. The average molecular weight is 613 g/mol. The Kier molecular flexibility index (Phi) is 10.1. The van der Waals surface area contributed by atoms with E-state index in [1.165, 1.54) is 23.5 Å². The molecule has 0 aliphatic rings. The van der Waals surface area contributed by atoms with Crippen LogP contribution in [-0.2, 0) is 30.9 Å². The van der Waals surface area contributed by atoms with Crippen molar-refractivity contribution < 1.29 is 47.1 Å². The van der Waals surface area contributed by atoms with Crippen LogP contribution in [0.25, 0.3) is 0 Å². The van der Waals surface area contributed by atoms with E-state index in [0.717, 1.165) is 36.4 Å². The van der Waals surface area contributed by atoms with Gasteiger partial charge in [0.15, 0.2) is 11.4 Å². The maximum atomic E-state index is 10.6. The SMILES string of the molecule is Cc1nn(C)c(O)c1N=Nc1cc([N+](=O)[O-])ccc1O.Cc1nn(C)c(O)c1N=Nc1cc([N+](=O)[O-])ccc1O.[Co]. The van der Waals surface area contributed by atoms with E-state index < -0.39 is 9.85 Å². The molecule has 0 saturated heterocycles. The molecule has 2 heterocycles. The second-order valence-corrected chi connectivity index (χ2v) is 8.02. The number of non-ortho nitro benzene ring substituents is 2. The number of benzene rings is 2. The minimum Gasteiger partial charge on any atom is -0.506 e. The summed E-state index contributed by atoms with van der Waals surface area (Å²) in [5, 5.41) is 82.6. The molecule has 0 bridgehead atoms. The molecule has 0 spiro atoms. The quantitative estimate of drug-likeness (QED) is 0.130. The number of phenols is 2. The predicted octanol–water partition coefficient (Wildman–Crippen LogP) is 4.92. The van der Waals surface area contributed by atoms with Crippen molar-refractivity contribution in [3.05, 3.63) is 68.0 Å². The molecule has 0 amide bonds. The third-order valence-corrected chi connectivity index (χ3v) is 5.18. The van der Waals surface area contributed by atoms with Gasteiger partial charge < -0.3 is 20.4 Å². The number of nitrogens with zero attached hydrogens (tertiary/aromatic N) is 10. The van der Waals surface area contributed by atoms with Crippen LogP contribution >= 0.6 is 0 Å². The number of nitro groups is 2. The summed E-state index contributed by atoms with van der Waals surface area (Å²) in [5.41, 5.74) is 0.589. The first-order valence-electron chi connectivity index (χ1n) is 11.0. The molecule has 19 heteroatoms. The largest absolute Gasteiger partial charge is 0.506 e. The van der Waals surface area contributed by atoms with E-state index in [0.29, 0.717) is 11.4 Å². The van der Waals surface area contributed by atoms with Crippen molar-refractivity contribution in [1.82, 2.24) is 19.6 Å². The van der Waals surface area contributed by atoms with E-state index in [2.05, 4.69) is 30.7 Å².